The topological polar surface area (TPSA) is 89.3 Å². The molecule has 0 fully saturated rings. The summed E-state index contributed by atoms with van der Waals surface area (Å²) in [6.45, 7) is 9.31. The van der Waals surface area contributed by atoms with Gasteiger partial charge in [0.25, 0.3) is 5.91 Å². The number of carbonyl (C=O) groups excluding carboxylic acids is 1. The number of nitrogens with two attached hydrogens (primary N) is 1. The third-order valence-corrected chi connectivity index (χ3v) is 3.07. The Morgan fingerprint density at radius 3 is 2.62 bits per heavy atom. The first kappa shape index (κ1) is 17.4. The Morgan fingerprint density at radius 2 is 2.10 bits per heavy atom. The highest BCUT2D eigenvalue weighted by molar-refractivity contribution is 5.95. The number of rotatable bonds is 6. The van der Waals surface area contributed by atoms with Crippen molar-refractivity contribution in [1.82, 2.24) is 10.3 Å². The van der Waals surface area contributed by atoms with E-state index in [2.05, 4.69) is 15.7 Å². The molecule has 0 spiro atoms. The second-order valence-corrected chi connectivity index (χ2v) is 6.29. The molecule has 0 aromatic carbocycles. The summed E-state index contributed by atoms with van der Waals surface area (Å²) in [6.07, 6.45) is 0. The van der Waals surface area contributed by atoms with Crippen molar-refractivity contribution in [3.8, 4) is 0 Å². The van der Waals surface area contributed by atoms with Gasteiger partial charge in [-0.15, -0.1) is 0 Å². The monoisotopic (exact) mass is 294 g/mol. The Morgan fingerprint density at radius 1 is 1.43 bits per heavy atom. The predicted octanol–water partition coefficient (Wildman–Crippen LogP) is 1.68. The highest BCUT2D eigenvalue weighted by Gasteiger charge is 2.19. The van der Waals surface area contributed by atoms with Gasteiger partial charge < -0.3 is 15.5 Å². The third-order valence-electron chi connectivity index (χ3n) is 3.07. The molecular weight excluding hydrogens is 268 g/mol. The summed E-state index contributed by atoms with van der Waals surface area (Å²) in [5.41, 5.74) is 3.71. The van der Waals surface area contributed by atoms with Crippen LogP contribution in [-0.2, 0) is 10.2 Å². The van der Waals surface area contributed by atoms with Crippen molar-refractivity contribution >= 4 is 11.7 Å². The number of anilines is 1. The number of nitrogens with zero attached hydrogens (tertiary/aromatic N) is 1. The second kappa shape index (κ2) is 7.38. The van der Waals surface area contributed by atoms with Gasteiger partial charge in [0.05, 0.1) is 6.61 Å². The largest absolute Gasteiger partial charge is 0.384 e. The zero-order chi connectivity index (χ0) is 16.0. The average Bonchev–Trinajstić information content (AvgIpc) is 2.43. The molecule has 6 nitrogen and oxygen atoms in total. The van der Waals surface area contributed by atoms with Gasteiger partial charge in [-0.2, -0.15) is 0 Å². The van der Waals surface area contributed by atoms with E-state index < -0.39 is 0 Å². The fraction of sp³-hybridized carbons (Fsp3) is 0.600. The van der Waals surface area contributed by atoms with E-state index in [0.717, 1.165) is 5.69 Å². The van der Waals surface area contributed by atoms with Gasteiger partial charge in [0.2, 0.25) is 0 Å². The molecule has 21 heavy (non-hydrogen) atoms. The van der Waals surface area contributed by atoms with Crippen LogP contribution in [0.2, 0.25) is 0 Å². The number of hydrazine groups is 1. The molecule has 1 heterocycles. The lowest BCUT2D eigenvalue weighted by Gasteiger charge is -2.20. The van der Waals surface area contributed by atoms with Crippen LogP contribution in [0.3, 0.4) is 0 Å². The van der Waals surface area contributed by atoms with Gasteiger partial charge in [-0.3, -0.25) is 4.79 Å². The van der Waals surface area contributed by atoms with Crippen molar-refractivity contribution in [3.05, 3.63) is 23.4 Å². The van der Waals surface area contributed by atoms with Crippen LogP contribution in [0.5, 0.6) is 0 Å². The van der Waals surface area contributed by atoms with Crippen molar-refractivity contribution in [2.24, 2.45) is 11.8 Å². The molecule has 0 saturated heterocycles. The van der Waals surface area contributed by atoms with Crippen LogP contribution in [0.4, 0.5) is 5.82 Å². The van der Waals surface area contributed by atoms with Crippen molar-refractivity contribution < 1.29 is 9.53 Å². The van der Waals surface area contributed by atoms with Crippen LogP contribution in [0, 0.1) is 5.92 Å². The Labute approximate surface area is 126 Å². The van der Waals surface area contributed by atoms with E-state index in [1.165, 1.54) is 0 Å². The number of hydrogen-bond donors (Lipinski definition) is 3. The second-order valence-electron chi connectivity index (χ2n) is 6.29. The third kappa shape index (κ3) is 5.32. The van der Waals surface area contributed by atoms with Crippen molar-refractivity contribution in [1.29, 1.82) is 0 Å². The number of amides is 1. The maximum atomic E-state index is 12.3. The van der Waals surface area contributed by atoms with Gasteiger partial charge in [0.1, 0.15) is 5.82 Å². The normalized spacial score (nSPS) is 12.9. The molecule has 1 unspecified atom stereocenters. The Bertz CT molecular complexity index is 483. The van der Waals surface area contributed by atoms with Gasteiger partial charge in [-0.1, -0.05) is 27.7 Å². The van der Waals surface area contributed by atoms with E-state index in [9.17, 15) is 4.79 Å². The Kier molecular flexibility index (Phi) is 6.11. The maximum absolute atomic E-state index is 12.3. The van der Waals surface area contributed by atoms with E-state index >= 15 is 0 Å². The number of pyridine rings is 1. The molecule has 0 saturated carbocycles. The van der Waals surface area contributed by atoms with Gasteiger partial charge in [0, 0.05) is 30.3 Å². The lowest BCUT2D eigenvalue weighted by atomic mass is 9.90. The minimum absolute atomic E-state index is 0.137. The smallest absolute Gasteiger partial charge is 0.251 e. The van der Waals surface area contributed by atoms with Crippen LogP contribution in [0.1, 0.15) is 43.7 Å². The zero-order valence-electron chi connectivity index (χ0n) is 13.5. The van der Waals surface area contributed by atoms with Crippen LogP contribution >= 0.6 is 0 Å². The Balaban J connectivity index is 2.88. The molecular formula is C15H26N4O2. The molecule has 1 amide bonds. The van der Waals surface area contributed by atoms with E-state index in [-0.39, 0.29) is 17.2 Å². The van der Waals surface area contributed by atoms with Gasteiger partial charge in [0.15, 0.2) is 0 Å². The molecule has 4 N–H and O–H groups in total. The molecule has 1 atom stereocenters. The van der Waals surface area contributed by atoms with Crippen molar-refractivity contribution in [2.45, 2.75) is 33.1 Å². The molecule has 1 aromatic rings. The summed E-state index contributed by atoms with van der Waals surface area (Å²) < 4.78 is 5.05. The quantitative estimate of drug-likeness (QED) is 0.548. The molecule has 0 bridgehead atoms. The number of methoxy groups -OCH3 is 1. The van der Waals surface area contributed by atoms with Crippen LogP contribution in [0.15, 0.2) is 12.1 Å². The molecule has 6 heteroatoms. The molecule has 1 rings (SSSR count). The number of ether oxygens (including phenoxy) is 1. The number of nitrogen functional groups attached to an aromatic ring is 1. The van der Waals surface area contributed by atoms with Crippen LogP contribution in [-0.4, -0.2) is 31.2 Å². The van der Waals surface area contributed by atoms with E-state index in [1.807, 2.05) is 27.7 Å². The highest BCUT2D eigenvalue weighted by Crippen LogP contribution is 2.23. The predicted molar refractivity (Wildman–Crippen MR) is 84.1 cm³/mol. The summed E-state index contributed by atoms with van der Waals surface area (Å²) >= 11 is 0. The standard InChI is InChI=1S/C15H26N4O2/c1-10(9-21-5)8-17-14(20)11-6-12(15(2,3)4)18-13(7-11)19-16/h6-7,10H,8-9,16H2,1-5H3,(H,17,20)(H,18,19). The average molecular weight is 294 g/mol. The summed E-state index contributed by atoms with van der Waals surface area (Å²) in [7, 11) is 1.65. The molecule has 1 aromatic heterocycles. The lowest BCUT2D eigenvalue weighted by Crippen LogP contribution is -2.30. The number of aromatic nitrogens is 1. The first-order valence-electron chi connectivity index (χ1n) is 7.04. The van der Waals surface area contributed by atoms with Crippen molar-refractivity contribution in [2.75, 3.05) is 25.7 Å². The molecule has 118 valence electrons. The number of nitrogens with one attached hydrogen (secondary N) is 2. The van der Waals surface area contributed by atoms with Crippen LogP contribution in [0.25, 0.3) is 0 Å². The lowest BCUT2D eigenvalue weighted by molar-refractivity contribution is 0.0934. The van der Waals surface area contributed by atoms with E-state index in [4.69, 9.17) is 10.6 Å². The SMILES string of the molecule is COCC(C)CNC(=O)c1cc(NN)nc(C(C)(C)C)c1. The summed E-state index contributed by atoms with van der Waals surface area (Å²) in [5.74, 6) is 6.04. The fourth-order valence-electron chi connectivity index (χ4n) is 1.83. The molecule has 0 radical (unpaired) electrons. The fourth-order valence-corrected chi connectivity index (χ4v) is 1.83. The summed E-state index contributed by atoms with van der Waals surface area (Å²) in [4.78, 5) is 16.6. The van der Waals surface area contributed by atoms with E-state index in [1.54, 1.807) is 19.2 Å². The first-order valence-corrected chi connectivity index (χ1v) is 7.04. The van der Waals surface area contributed by atoms with Crippen molar-refractivity contribution in [3.63, 3.8) is 0 Å². The van der Waals surface area contributed by atoms with Gasteiger partial charge >= 0.3 is 0 Å². The first-order chi connectivity index (χ1) is 9.77. The minimum Gasteiger partial charge on any atom is -0.384 e. The molecule has 0 aliphatic heterocycles. The Hall–Kier alpha value is -1.66. The van der Waals surface area contributed by atoms with Crippen LogP contribution < -0.4 is 16.6 Å². The summed E-state index contributed by atoms with van der Waals surface area (Å²) in [5, 5.41) is 2.90. The summed E-state index contributed by atoms with van der Waals surface area (Å²) in [6, 6.07) is 3.45. The van der Waals surface area contributed by atoms with Gasteiger partial charge in [-0.25, -0.2) is 10.8 Å². The number of hydrogen-bond acceptors (Lipinski definition) is 5. The van der Waals surface area contributed by atoms with Gasteiger partial charge in [-0.05, 0) is 18.1 Å². The molecule has 0 aliphatic carbocycles. The van der Waals surface area contributed by atoms with E-state index in [0.29, 0.717) is 24.5 Å². The maximum Gasteiger partial charge on any atom is 0.251 e. The zero-order valence-corrected chi connectivity index (χ0v) is 13.5. The minimum atomic E-state index is -0.161. The highest BCUT2D eigenvalue weighted by atomic mass is 16.5. The molecule has 0 aliphatic rings. The number of carbonyl (C=O) groups is 1.